The quantitative estimate of drug-likeness (QED) is 0.510. The lowest BCUT2D eigenvalue weighted by Gasteiger charge is -2.23. The largest absolute Gasteiger partial charge is 0.161 e. The van der Waals surface area contributed by atoms with Gasteiger partial charge in [0.2, 0.25) is 0 Å². The number of thiocarbonyl (C=S) groups is 1. The van der Waals surface area contributed by atoms with E-state index in [0.717, 1.165) is 40.2 Å². The third-order valence-electron chi connectivity index (χ3n) is 4.18. The minimum absolute atomic E-state index is 0.788. The zero-order valence-electron chi connectivity index (χ0n) is 11.8. The lowest BCUT2D eigenvalue weighted by Crippen LogP contribution is -2.20. The minimum atomic E-state index is 0.788. The van der Waals surface area contributed by atoms with Crippen molar-refractivity contribution in [2.75, 3.05) is 6.26 Å². The lowest BCUT2D eigenvalue weighted by atomic mass is 9.87. The van der Waals surface area contributed by atoms with Gasteiger partial charge in [-0.05, 0) is 49.7 Å². The maximum Gasteiger partial charge on any atom is 0.0152 e. The molecule has 0 radical (unpaired) electrons. The molecule has 1 saturated carbocycles. The molecule has 1 aliphatic carbocycles. The molecule has 0 aromatic rings. The van der Waals surface area contributed by atoms with E-state index < -0.39 is 0 Å². The first-order chi connectivity index (χ1) is 8.01. The Morgan fingerprint density at radius 2 is 2.12 bits per heavy atom. The van der Waals surface area contributed by atoms with Gasteiger partial charge < -0.3 is 0 Å². The zero-order valence-corrected chi connectivity index (χ0v) is 13.4. The smallest absolute Gasteiger partial charge is 0.0152 e. The molecule has 4 atom stereocenters. The van der Waals surface area contributed by atoms with Crippen LogP contribution in [0.5, 0.6) is 0 Å². The van der Waals surface area contributed by atoms with Crippen LogP contribution in [0.15, 0.2) is 12.2 Å². The second kappa shape index (κ2) is 6.94. The van der Waals surface area contributed by atoms with Gasteiger partial charge in [0, 0.05) is 10.1 Å². The van der Waals surface area contributed by atoms with Gasteiger partial charge in [-0.25, -0.2) is 0 Å². The molecule has 0 nitrogen and oxygen atoms in total. The van der Waals surface area contributed by atoms with Crippen LogP contribution in [0.4, 0.5) is 0 Å². The van der Waals surface area contributed by atoms with Crippen molar-refractivity contribution < 1.29 is 0 Å². The van der Waals surface area contributed by atoms with E-state index in [1.165, 1.54) is 6.42 Å². The summed E-state index contributed by atoms with van der Waals surface area (Å²) in [6, 6.07) is 0. The molecule has 0 aliphatic heterocycles. The minimum Gasteiger partial charge on any atom is -0.161 e. The van der Waals surface area contributed by atoms with Crippen LogP contribution in [0.3, 0.4) is 0 Å². The maximum absolute atomic E-state index is 5.44. The molecule has 1 aliphatic rings. The molecule has 2 heteroatoms. The van der Waals surface area contributed by atoms with E-state index >= 15 is 0 Å². The van der Waals surface area contributed by atoms with Crippen LogP contribution < -0.4 is 0 Å². The number of hydrogen-bond donors (Lipinski definition) is 0. The topological polar surface area (TPSA) is 0 Å². The van der Waals surface area contributed by atoms with Crippen LogP contribution in [0.25, 0.3) is 0 Å². The standard InChI is InChI=1S/C15H26S2/c1-6-7-13(16)8-12-9-14(10(2)3)11(4)15(12)17-5/h6-7,10-12,14-15H,8-9H2,1-5H3/b7-6-. The molecule has 0 aromatic heterocycles. The van der Waals surface area contributed by atoms with E-state index in [4.69, 9.17) is 12.2 Å². The summed E-state index contributed by atoms with van der Waals surface area (Å²) in [6.07, 6.45) is 8.89. The number of allylic oxidation sites excluding steroid dienone is 2. The molecule has 0 amide bonds. The van der Waals surface area contributed by atoms with Crippen molar-refractivity contribution in [2.45, 2.75) is 45.8 Å². The summed E-state index contributed by atoms with van der Waals surface area (Å²) in [5.74, 6) is 3.31. The normalized spacial score (nSPS) is 33.8. The van der Waals surface area contributed by atoms with E-state index in [2.05, 4.69) is 39.2 Å². The van der Waals surface area contributed by atoms with Crippen LogP contribution >= 0.6 is 24.0 Å². The van der Waals surface area contributed by atoms with Crippen molar-refractivity contribution in [3.63, 3.8) is 0 Å². The molecule has 1 fully saturated rings. The molecule has 0 spiro atoms. The second-order valence-electron chi connectivity index (χ2n) is 5.63. The maximum atomic E-state index is 5.44. The van der Waals surface area contributed by atoms with Gasteiger partial charge in [0.15, 0.2) is 0 Å². The van der Waals surface area contributed by atoms with Crippen LogP contribution in [-0.2, 0) is 0 Å². The van der Waals surface area contributed by atoms with Crippen molar-refractivity contribution in [3.05, 3.63) is 12.2 Å². The summed E-state index contributed by atoms with van der Waals surface area (Å²) in [4.78, 5) is 1.13. The van der Waals surface area contributed by atoms with Crippen molar-refractivity contribution >= 4 is 28.8 Å². The zero-order chi connectivity index (χ0) is 13.0. The van der Waals surface area contributed by atoms with Gasteiger partial charge in [-0.3, -0.25) is 0 Å². The first kappa shape index (κ1) is 15.2. The number of thioether (sulfide) groups is 1. The van der Waals surface area contributed by atoms with Crippen LogP contribution in [-0.4, -0.2) is 16.4 Å². The molecule has 0 heterocycles. The van der Waals surface area contributed by atoms with Crippen LogP contribution in [0.2, 0.25) is 0 Å². The van der Waals surface area contributed by atoms with Crippen molar-refractivity contribution in [3.8, 4) is 0 Å². The molecule has 98 valence electrons. The molecule has 0 saturated heterocycles. The van der Waals surface area contributed by atoms with Gasteiger partial charge in [-0.1, -0.05) is 45.1 Å². The Labute approximate surface area is 117 Å². The van der Waals surface area contributed by atoms with Crippen molar-refractivity contribution in [2.24, 2.45) is 23.7 Å². The SMILES string of the molecule is C/C=C\C(=S)CC1CC(C(C)C)C(C)C1SC. The molecule has 0 aromatic carbocycles. The highest BCUT2D eigenvalue weighted by atomic mass is 32.2. The highest BCUT2D eigenvalue weighted by Crippen LogP contribution is 2.47. The summed E-state index contributed by atoms with van der Waals surface area (Å²) in [7, 11) is 0. The molecule has 17 heavy (non-hydrogen) atoms. The fourth-order valence-corrected chi connectivity index (χ4v) is 4.94. The van der Waals surface area contributed by atoms with E-state index in [0.29, 0.717) is 0 Å². The summed E-state index contributed by atoms with van der Waals surface area (Å²) in [6.45, 7) is 9.22. The molecular formula is C15H26S2. The van der Waals surface area contributed by atoms with E-state index in [1.807, 2.05) is 18.7 Å². The summed E-state index contributed by atoms with van der Waals surface area (Å²) < 4.78 is 0. The predicted molar refractivity (Wildman–Crippen MR) is 84.9 cm³/mol. The average Bonchev–Trinajstić information content (AvgIpc) is 2.55. The monoisotopic (exact) mass is 270 g/mol. The number of hydrogen-bond acceptors (Lipinski definition) is 2. The highest BCUT2D eigenvalue weighted by molar-refractivity contribution is 7.99. The Morgan fingerprint density at radius 1 is 1.47 bits per heavy atom. The Morgan fingerprint density at radius 3 is 2.59 bits per heavy atom. The van der Waals surface area contributed by atoms with Crippen LogP contribution in [0.1, 0.15) is 40.5 Å². The third-order valence-corrected chi connectivity index (χ3v) is 5.84. The van der Waals surface area contributed by atoms with Gasteiger partial charge in [0.05, 0.1) is 0 Å². The summed E-state index contributed by atoms with van der Waals surface area (Å²) in [5, 5.41) is 0.797. The molecule has 1 rings (SSSR count). The van der Waals surface area contributed by atoms with Crippen molar-refractivity contribution in [1.82, 2.24) is 0 Å². The third kappa shape index (κ3) is 3.82. The average molecular weight is 271 g/mol. The Bertz CT molecular complexity index is 281. The Balaban J connectivity index is 2.69. The fraction of sp³-hybridized carbons (Fsp3) is 0.800. The van der Waals surface area contributed by atoms with Crippen molar-refractivity contribution in [1.29, 1.82) is 0 Å². The van der Waals surface area contributed by atoms with Gasteiger partial charge in [-0.2, -0.15) is 11.8 Å². The first-order valence-electron chi connectivity index (χ1n) is 6.69. The highest BCUT2D eigenvalue weighted by Gasteiger charge is 2.41. The summed E-state index contributed by atoms with van der Waals surface area (Å²) in [5.41, 5.74) is 0. The first-order valence-corrected chi connectivity index (χ1v) is 8.39. The Hall–Kier alpha value is 0.180. The van der Waals surface area contributed by atoms with E-state index in [9.17, 15) is 0 Å². The van der Waals surface area contributed by atoms with Gasteiger partial charge in [-0.15, -0.1) is 0 Å². The van der Waals surface area contributed by atoms with Gasteiger partial charge >= 0.3 is 0 Å². The summed E-state index contributed by atoms with van der Waals surface area (Å²) >= 11 is 7.48. The lowest BCUT2D eigenvalue weighted by molar-refractivity contribution is 0.314. The Kier molecular flexibility index (Phi) is 6.22. The second-order valence-corrected chi connectivity index (χ2v) is 7.17. The molecule has 0 N–H and O–H groups in total. The molecular weight excluding hydrogens is 244 g/mol. The van der Waals surface area contributed by atoms with Gasteiger partial charge in [0.25, 0.3) is 0 Å². The molecule has 0 bridgehead atoms. The number of rotatable bonds is 5. The van der Waals surface area contributed by atoms with Crippen LogP contribution in [0, 0.1) is 23.7 Å². The van der Waals surface area contributed by atoms with E-state index in [-0.39, 0.29) is 0 Å². The molecule has 4 unspecified atom stereocenters. The van der Waals surface area contributed by atoms with E-state index in [1.54, 1.807) is 0 Å². The predicted octanol–water partition coefficient (Wildman–Crippen LogP) is 4.98. The fourth-order valence-electron chi connectivity index (χ4n) is 3.37. The van der Waals surface area contributed by atoms with Gasteiger partial charge in [0.1, 0.15) is 0 Å².